The monoisotopic (exact) mass is 349 g/mol. The molecular formula is C26H23N. The van der Waals surface area contributed by atoms with Crippen molar-refractivity contribution in [1.29, 1.82) is 0 Å². The number of hydrogen-bond donors (Lipinski definition) is 0. The summed E-state index contributed by atoms with van der Waals surface area (Å²) >= 11 is 0. The van der Waals surface area contributed by atoms with Crippen molar-refractivity contribution in [2.75, 3.05) is 0 Å². The van der Waals surface area contributed by atoms with Crippen molar-refractivity contribution in [1.82, 2.24) is 4.98 Å². The van der Waals surface area contributed by atoms with Gasteiger partial charge in [0, 0.05) is 17.1 Å². The van der Waals surface area contributed by atoms with Crippen LogP contribution in [0.3, 0.4) is 0 Å². The molecule has 5 rings (SSSR count). The van der Waals surface area contributed by atoms with Gasteiger partial charge in [-0.25, -0.2) is 0 Å². The number of fused-ring (bicyclic) bond motifs is 5. The molecule has 1 heterocycles. The van der Waals surface area contributed by atoms with Crippen LogP contribution in [0, 0.1) is 12.8 Å². The highest BCUT2D eigenvalue weighted by atomic mass is 14.7. The zero-order chi connectivity index (χ0) is 18.5. The molecule has 132 valence electrons. The molecule has 1 aliphatic rings. The minimum atomic E-state index is 0.644. The highest BCUT2D eigenvalue weighted by molar-refractivity contribution is 6.12. The van der Waals surface area contributed by atoms with Crippen molar-refractivity contribution >= 4 is 10.8 Å². The molecule has 0 amide bonds. The normalized spacial score (nSPS) is 12.0. The third-order valence-electron chi connectivity index (χ3n) is 5.50. The highest BCUT2D eigenvalue weighted by Gasteiger charge is 2.22. The van der Waals surface area contributed by atoms with E-state index < -0.39 is 0 Å². The molecule has 1 heteroatoms. The lowest BCUT2D eigenvalue weighted by atomic mass is 9.91. The predicted octanol–water partition coefficient (Wildman–Crippen LogP) is 7.06. The molecule has 27 heavy (non-hydrogen) atoms. The van der Waals surface area contributed by atoms with Crippen molar-refractivity contribution in [2.45, 2.75) is 27.2 Å². The summed E-state index contributed by atoms with van der Waals surface area (Å²) in [5, 5.41) is 2.54. The van der Waals surface area contributed by atoms with E-state index in [0.717, 1.165) is 12.1 Å². The van der Waals surface area contributed by atoms with Crippen LogP contribution in [0.2, 0.25) is 0 Å². The van der Waals surface area contributed by atoms with Crippen LogP contribution in [0.15, 0.2) is 66.9 Å². The summed E-state index contributed by atoms with van der Waals surface area (Å²) in [6.45, 7) is 6.73. The zero-order valence-electron chi connectivity index (χ0n) is 16.1. The van der Waals surface area contributed by atoms with E-state index in [4.69, 9.17) is 4.98 Å². The Morgan fingerprint density at radius 3 is 2.33 bits per heavy atom. The fourth-order valence-corrected chi connectivity index (χ4v) is 4.46. The molecule has 0 radical (unpaired) electrons. The summed E-state index contributed by atoms with van der Waals surface area (Å²) in [6, 6.07) is 22.5. The first kappa shape index (κ1) is 16.3. The zero-order valence-corrected chi connectivity index (χ0v) is 16.1. The fourth-order valence-electron chi connectivity index (χ4n) is 4.46. The molecule has 0 atom stereocenters. The van der Waals surface area contributed by atoms with Gasteiger partial charge in [0.25, 0.3) is 0 Å². The fraction of sp³-hybridized carbons (Fsp3) is 0.192. The Labute approximate surface area is 160 Å². The SMILES string of the molecule is Cc1cc2c3c(nccc3c1)-c1ccc(CC(C)C)cc1-c1ccccc1-2. The van der Waals surface area contributed by atoms with Crippen LogP contribution in [0.4, 0.5) is 0 Å². The lowest BCUT2D eigenvalue weighted by molar-refractivity contribution is 0.647. The highest BCUT2D eigenvalue weighted by Crippen LogP contribution is 2.47. The first-order valence-corrected chi connectivity index (χ1v) is 9.74. The first-order valence-electron chi connectivity index (χ1n) is 9.74. The van der Waals surface area contributed by atoms with E-state index in [-0.39, 0.29) is 0 Å². The largest absolute Gasteiger partial charge is 0.256 e. The van der Waals surface area contributed by atoms with Gasteiger partial charge >= 0.3 is 0 Å². The van der Waals surface area contributed by atoms with E-state index in [0.29, 0.717) is 5.92 Å². The third kappa shape index (κ3) is 2.57. The Bertz CT molecular complexity index is 1180. The van der Waals surface area contributed by atoms with Crippen LogP contribution in [-0.2, 0) is 6.42 Å². The predicted molar refractivity (Wildman–Crippen MR) is 115 cm³/mol. The summed E-state index contributed by atoms with van der Waals surface area (Å²) in [5.74, 6) is 0.644. The van der Waals surface area contributed by atoms with Crippen molar-refractivity contribution < 1.29 is 0 Å². The summed E-state index contributed by atoms with van der Waals surface area (Å²) < 4.78 is 0. The van der Waals surface area contributed by atoms with Gasteiger partial charge in [-0.15, -0.1) is 0 Å². The molecule has 1 aromatic heterocycles. The summed E-state index contributed by atoms with van der Waals surface area (Å²) in [7, 11) is 0. The van der Waals surface area contributed by atoms with Crippen molar-refractivity contribution in [2.24, 2.45) is 5.92 Å². The van der Waals surface area contributed by atoms with Gasteiger partial charge in [0.05, 0.1) is 5.69 Å². The van der Waals surface area contributed by atoms with Gasteiger partial charge < -0.3 is 0 Å². The second-order valence-electron chi connectivity index (χ2n) is 8.09. The van der Waals surface area contributed by atoms with Crippen LogP contribution in [0.5, 0.6) is 0 Å². The third-order valence-corrected chi connectivity index (χ3v) is 5.50. The van der Waals surface area contributed by atoms with Gasteiger partial charge in [0.1, 0.15) is 0 Å². The molecule has 0 bridgehead atoms. The van der Waals surface area contributed by atoms with Crippen molar-refractivity contribution in [3.05, 3.63) is 78.0 Å². The second-order valence-corrected chi connectivity index (χ2v) is 8.09. The molecule has 1 nitrogen and oxygen atoms in total. The average molecular weight is 349 g/mol. The van der Waals surface area contributed by atoms with Crippen LogP contribution in [0.1, 0.15) is 25.0 Å². The molecule has 4 aromatic rings. The van der Waals surface area contributed by atoms with Gasteiger partial charge in [0.15, 0.2) is 0 Å². The van der Waals surface area contributed by atoms with Gasteiger partial charge in [-0.2, -0.15) is 0 Å². The first-order chi connectivity index (χ1) is 13.1. The van der Waals surface area contributed by atoms with Crippen LogP contribution >= 0.6 is 0 Å². The van der Waals surface area contributed by atoms with E-state index in [1.165, 1.54) is 49.7 Å². The molecule has 0 saturated carbocycles. The summed E-state index contributed by atoms with van der Waals surface area (Å²) in [5.41, 5.74) is 10.2. The number of aryl methyl sites for hydroxylation is 1. The Morgan fingerprint density at radius 2 is 1.56 bits per heavy atom. The maximum Gasteiger partial charge on any atom is 0.0792 e. The van der Waals surface area contributed by atoms with E-state index in [1.54, 1.807) is 0 Å². The lowest BCUT2D eigenvalue weighted by Crippen LogP contribution is -1.96. The second kappa shape index (κ2) is 6.06. The smallest absolute Gasteiger partial charge is 0.0792 e. The van der Waals surface area contributed by atoms with Gasteiger partial charge in [-0.05, 0) is 64.1 Å². The Balaban J connectivity index is 1.93. The summed E-state index contributed by atoms with van der Waals surface area (Å²) in [6.07, 6.45) is 3.04. The Morgan fingerprint density at radius 1 is 0.778 bits per heavy atom. The quantitative estimate of drug-likeness (QED) is 0.332. The molecular weight excluding hydrogens is 326 g/mol. The van der Waals surface area contributed by atoms with E-state index in [2.05, 4.69) is 81.4 Å². The molecule has 0 unspecified atom stereocenters. The van der Waals surface area contributed by atoms with Crippen LogP contribution < -0.4 is 0 Å². The van der Waals surface area contributed by atoms with Crippen molar-refractivity contribution in [3.8, 4) is 33.5 Å². The van der Waals surface area contributed by atoms with Gasteiger partial charge in [-0.1, -0.05) is 68.4 Å². The maximum atomic E-state index is 4.84. The Hall–Kier alpha value is -2.93. The van der Waals surface area contributed by atoms with Crippen molar-refractivity contribution in [3.63, 3.8) is 0 Å². The summed E-state index contributed by atoms with van der Waals surface area (Å²) in [4.78, 5) is 4.84. The molecule has 1 aliphatic carbocycles. The minimum absolute atomic E-state index is 0.644. The minimum Gasteiger partial charge on any atom is -0.256 e. The molecule has 0 saturated heterocycles. The van der Waals surface area contributed by atoms with Gasteiger partial charge in [0.2, 0.25) is 0 Å². The van der Waals surface area contributed by atoms with E-state index >= 15 is 0 Å². The molecule has 3 aromatic carbocycles. The molecule has 0 spiro atoms. The number of aromatic nitrogens is 1. The standard InChI is InChI=1S/C26H23N/c1-16(2)12-18-8-9-22-23(15-18)20-6-4-5-7-21(20)24-14-17(3)13-19-10-11-27-26(22)25(19)24/h4-11,13-16H,12H2,1-3H3. The average Bonchev–Trinajstić information content (AvgIpc) is 2.76. The van der Waals surface area contributed by atoms with E-state index in [1.807, 2.05) is 6.20 Å². The molecule has 0 N–H and O–H groups in total. The van der Waals surface area contributed by atoms with Gasteiger partial charge in [-0.3, -0.25) is 4.98 Å². The number of hydrogen-bond acceptors (Lipinski definition) is 1. The van der Waals surface area contributed by atoms with Crippen LogP contribution in [-0.4, -0.2) is 4.98 Å². The molecule has 0 aliphatic heterocycles. The molecule has 0 fully saturated rings. The number of nitrogens with zero attached hydrogens (tertiary/aromatic N) is 1. The number of pyridine rings is 1. The maximum absolute atomic E-state index is 4.84. The number of rotatable bonds is 2. The van der Waals surface area contributed by atoms with E-state index in [9.17, 15) is 0 Å². The number of benzene rings is 3. The topological polar surface area (TPSA) is 12.9 Å². The lowest BCUT2D eigenvalue weighted by Gasteiger charge is -2.13. The Kier molecular flexibility index (Phi) is 3.65. The van der Waals surface area contributed by atoms with Crippen LogP contribution in [0.25, 0.3) is 44.3 Å².